The topological polar surface area (TPSA) is 23.5 Å². The van der Waals surface area contributed by atoms with Gasteiger partial charge < -0.3 is 5.11 Å². The molecule has 1 saturated heterocycles. The van der Waals surface area contributed by atoms with Crippen LogP contribution in [0.4, 0.5) is 0 Å². The second kappa shape index (κ2) is 4.23. The summed E-state index contributed by atoms with van der Waals surface area (Å²) >= 11 is 7.52. The van der Waals surface area contributed by atoms with E-state index in [1.165, 1.54) is 17.7 Å². The van der Waals surface area contributed by atoms with E-state index in [0.717, 1.165) is 29.8 Å². The predicted octanol–water partition coefficient (Wildman–Crippen LogP) is 2.93. The summed E-state index contributed by atoms with van der Waals surface area (Å²) in [6, 6.07) is 5.21. The SMILES string of the molecule is CC1CC(O)(Cc2ccc(Cl)s2)CN1C1CC1. The monoisotopic (exact) mass is 271 g/mol. The van der Waals surface area contributed by atoms with E-state index in [4.69, 9.17) is 11.6 Å². The molecule has 1 aliphatic heterocycles. The Morgan fingerprint density at radius 3 is 2.88 bits per heavy atom. The molecule has 0 bridgehead atoms. The molecule has 2 nitrogen and oxygen atoms in total. The van der Waals surface area contributed by atoms with E-state index in [9.17, 15) is 5.11 Å². The molecular weight excluding hydrogens is 254 g/mol. The van der Waals surface area contributed by atoms with Crippen LogP contribution in [-0.2, 0) is 6.42 Å². The van der Waals surface area contributed by atoms with E-state index >= 15 is 0 Å². The van der Waals surface area contributed by atoms with Gasteiger partial charge in [0.05, 0.1) is 9.94 Å². The standard InChI is InChI=1S/C13H18ClNOS/c1-9-6-13(16,8-15(9)10-2-3-10)7-11-4-5-12(14)17-11/h4-5,9-10,16H,2-3,6-8H2,1H3. The molecule has 2 atom stereocenters. The Kier molecular flexibility index (Phi) is 2.98. The molecule has 0 amide bonds. The lowest BCUT2D eigenvalue weighted by Crippen LogP contribution is -2.36. The van der Waals surface area contributed by atoms with E-state index in [0.29, 0.717) is 6.04 Å². The quantitative estimate of drug-likeness (QED) is 0.914. The largest absolute Gasteiger partial charge is 0.388 e. The molecule has 2 unspecified atom stereocenters. The zero-order valence-electron chi connectivity index (χ0n) is 10.0. The molecule has 1 N–H and O–H groups in total. The first-order chi connectivity index (χ1) is 8.06. The van der Waals surface area contributed by atoms with Gasteiger partial charge in [0.2, 0.25) is 0 Å². The van der Waals surface area contributed by atoms with Gasteiger partial charge in [0.25, 0.3) is 0 Å². The van der Waals surface area contributed by atoms with Gasteiger partial charge in [-0.25, -0.2) is 0 Å². The van der Waals surface area contributed by atoms with Crippen molar-refractivity contribution in [2.24, 2.45) is 0 Å². The Labute approximate surface area is 111 Å². The predicted molar refractivity (Wildman–Crippen MR) is 71.8 cm³/mol. The van der Waals surface area contributed by atoms with E-state index in [2.05, 4.69) is 11.8 Å². The van der Waals surface area contributed by atoms with Crippen molar-refractivity contribution in [3.63, 3.8) is 0 Å². The summed E-state index contributed by atoms with van der Waals surface area (Å²) in [5.74, 6) is 0. The van der Waals surface area contributed by atoms with Crippen molar-refractivity contribution in [3.05, 3.63) is 21.3 Å². The second-order valence-electron chi connectivity index (χ2n) is 5.56. The smallest absolute Gasteiger partial charge is 0.0931 e. The van der Waals surface area contributed by atoms with Gasteiger partial charge in [0, 0.05) is 29.9 Å². The lowest BCUT2D eigenvalue weighted by Gasteiger charge is -2.23. The zero-order chi connectivity index (χ0) is 12.0. The molecule has 0 spiro atoms. The van der Waals surface area contributed by atoms with Gasteiger partial charge in [-0.05, 0) is 38.3 Å². The lowest BCUT2D eigenvalue weighted by atomic mass is 9.96. The molecule has 0 aromatic carbocycles. The summed E-state index contributed by atoms with van der Waals surface area (Å²) in [5, 5.41) is 10.7. The normalized spacial score (nSPS) is 34.4. The molecule has 3 rings (SSSR count). The molecule has 1 aromatic heterocycles. The van der Waals surface area contributed by atoms with Gasteiger partial charge in [0.15, 0.2) is 0 Å². The van der Waals surface area contributed by atoms with Crippen molar-refractivity contribution in [1.82, 2.24) is 4.90 Å². The number of halogens is 1. The summed E-state index contributed by atoms with van der Waals surface area (Å²) in [6.07, 6.45) is 4.26. The van der Waals surface area contributed by atoms with Crippen molar-refractivity contribution >= 4 is 22.9 Å². The number of likely N-dealkylation sites (tertiary alicyclic amines) is 1. The third-order valence-corrected chi connectivity index (χ3v) is 5.10. The third kappa shape index (κ3) is 2.53. The maximum absolute atomic E-state index is 10.7. The zero-order valence-corrected chi connectivity index (χ0v) is 11.6. The van der Waals surface area contributed by atoms with Gasteiger partial charge in [-0.1, -0.05) is 11.6 Å². The van der Waals surface area contributed by atoms with E-state index in [-0.39, 0.29) is 0 Å². The van der Waals surface area contributed by atoms with E-state index < -0.39 is 5.60 Å². The van der Waals surface area contributed by atoms with Gasteiger partial charge in [-0.3, -0.25) is 4.90 Å². The Morgan fingerprint density at radius 2 is 2.29 bits per heavy atom. The van der Waals surface area contributed by atoms with Crippen LogP contribution in [0.5, 0.6) is 0 Å². The fourth-order valence-corrected chi connectivity index (χ4v) is 4.25. The molecule has 17 heavy (non-hydrogen) atoms. The van der Waals surface area contributed by atoms with Gasteiger partial charge in [0.1, 0.15) is 0 Å². The third-order valence-electron chi connectivity index (χ3n) is 3.87. The maximum Gasteiger partial charge on any atom is 0.0931 e. The van der Waals surface area contributed by atoms with Crippen molar-refractivity contribution in [2.75, 3.05) is 6.54 Å². The molecule has 94 valence electrons. The van der Waals surface area contributed by atoms with Crippen LogP contribution in [0.1, 0.15) is 31.1 Å². The van der Waals surface area contributed by atoms with Gasteiger partial charge in [-0.15, -0.1) is 11.3 Å². The van der Waals surface area contributed by atoms with Crippen LogP contribution in [0.25, 0.3) is 0 Å². The molecule has 2 aliphatic rings. The molecular formula is C13H18ClNOS. The van der Waals surface area contributed by atoms with Crippen molar-refractivity contribution in [3.8, 4) is 0 Å². The van der Waals surface area contributed by atoms with Crippen LogP contribution in [-0.4, -0.2) is 34.2 Å². The molecule has 2 fully saturated rings. The number of β-amino-alcohol motifs (C(OH)–C–C–N with tert-alkyl or cyclic N) is 1. The Bertz CT molecular complexity index is 417. The van der Waals surface area contributed by atoms with Crippen LogP contribution in [0.3, 0.4) is 0 Å². The number of thiophene rings is 1. The molecule has 4 heteroatoms. The summed E-state index contributed by atoms with van der Waals surface area (Å²) < 4.78 is 0.814. The average Bonchev–Trinajstić information content (AvgIpc) is 2.94. The fraction of sp³-hybridized carbons (Fsp3) is 0.692. The van der Waals surface area contributed by atoms with Crippen LogP contribution < -0.4 is 0 Å². The first-order valence-electron chi connectivity index (χ1n) is 6.28. The van der Waals surface area contributed by atoms with Crippen molar-refractivity contribution < 1.29 is 5.11 Å². The summed E-state index contributed by atoms with van der Waals surface area (Å²) in [6.45, 7) is 3.06. The molecule has 1 aromatic rings. The maximum atomic E-state index is 10.7. The highest BCUT2D eigenvalue weighted by atomic mass is 35.5. The number of hydrogen-bond donors (Lipinski definition) is 1. The average molecular weight is 272 g/mol. The minimum atomic E-state index is -0.545. The van der Waals surface area contributed by atoms with Crippen LogP contribution in [0, 0.1) is 0 Å². The first kappa shape index (κ1) is 12.0. The highest BCUT2D eigenvalue weighted by Gasteiger charge is 2.46. The number of nitrogens with zero attached hydrogens (tertiary/aromatic N) is 1. The minimum absolute atomic E-state index is 0.517. The minimum Gasteiger partial charge on any atom is -0.388 e. The Hall–Kier alpha value is -0.0900. The summed E-state index contributed by atoms with van der Waals surface area (Å²) in [4.78, 5) is 3.68. The van der Waals surface area contributed by atoms with Crippen LogP contribution in [0.15, 0.2) is 12.1 Å². The van der Waals surface area contributed by atoms with Gasteiger partial charge >= 0.3 is 0 Å². The van der Waals surface area contributed by atoms with E-state index in [1.807, 2.05) is 12.1 Å². The van der Waals surface area contributed by atoms with Gasteiger partial charge in [-0.2, -0.15) is 0 Å². The van der Waals surface area contributed by atoms with Crippen LogP contribution in [0.2, 0.25) is 4.34 Å². The number of hydrogen-bond acceptors (Lipinski definition) is 3. The highest BCUT2D eigenvalue weighted by molar-refractivity contribution is 7.16. The van der Waals surface area contributed by atoms with Crippen molar-refractivity contribution in [2.45, 2.75) is 50.3 Å². The number of aliphatic hydroxyl groups is 1. The fourth-order valence-electron chi connectivity index (χ4n) is 3.02. The molecule has 2 heterocycles. The molecule has 0 radical (unpaired) electrons. The first-order valence-corrected chi connectivity index (χ1v) is 7.47. The Morgan fingerprint density at radius 1 is 1.53 bits per heavy atom. The highest BCUT2D eigenvalue weighted by Crippen LogP contribution is 2.39. The molecule has 1 aliphatic carbocycles. The number of rotatable bonds is 3. The Balaban J connectivity index is 1.69. The summed E-state index contributed by atoms with van der Waals surface area (Å²) in [5.41, 5.74) is -0.545. The summed E-state index contributed by atoms with van der Waals surface area (Å²) in [7, 11) is 0. The molecule has 1 saturated carbocycles. The second-order valence-corrected chi connectivity index (χ2v) is 7.36. The van der Waals surface area contributed by atoms with Crippen LogP contribution >= 0.6 is 22.9 Å². The van der Waals surface area contributed by atoms with E-state index in [1.54, 1.807) is 11.3 Å². The van der Waals surface area contributed by atoms with Crippen molar-refractivity contribution in [1.29, 1.82) is 0 Å². The lowest BCUT2D eigenvalue weighted by molar-refractivity contribution is 0.0495.